The minimum atomic E-state index is 0.229. The molecule has 0 aliphatic carbocycles. The number of aryl methyl sites for hydroxylation is 1. The highest BCUT2D eigenvalue weighted by atomic mass is 16.5. The summed E-state index contributed by atoms with van der Waals surface area (Å²) in [5.41, 5.74) is 2.87. The zero-order chi connectivity index (χ0) is 10.6. The lowest BCUT2D eigenvalue weighted by atomic mass is 10.1. The average molecular weight is 189 g/mol. The quantitative estimate of drug-likeness (QED) is 0.664. The zero-order valence-electron chi connectivity index (χ0n) is 8.87. The van der Waals surface area contributed by atoms with E-state index in [9.17, 15) is 0 Å². The van der Waals surface area contributed by atoms with Crippen LogP contribution in [0.3, 0.4) is 0 Å². The van der Waals surface area contributed by atoms with Gasteiger partial charge in [-0.05, 0) is 26.3 Å². The van der Waals surface area contributed by atoms with Crippen LogP contribution in [0.4, 0.5) is 5.69 Å². The second kappa shape index (κ2) is 4.78. The fourth-order valence-electron chi connectivity index (χ4n) is 1.25. The molecule has 14 heavy (non-hydrogen) atoms. The number of hydrogen-bond donors (Lipinski definition) is 0. The highest BCUT2D eigenvalue weighted by molar-refractivity contribution is 5.49. The zero-order valence-corrected chi connectivity index (χ0v) is 8.87. The smallest absolute Gasteiger partial charge is 0.187 e. The Morgan fingerprint density at radius 3 is 2.64 bits per heavy atom. The van der Waals surface area contributed by atoms with Crippen molar-refractivity contribution in [2.75, 3.05) is 0 Å². The Morgan fingerprint density at radius 2 is 2.07 bits per heavy atom. The van der Waals surface area contributed by atoms with E-state index < -0.39 is 0 Å². The van der Waals surface area contributed by atoms with Gasteiger partial charge in [-0.3, -0.25) is 0 Å². The third-order valence-corrected chi connectivity index (χ3v) is 1.83. The van der Waals surface area contributed by atoms with Crippen molar-refractivity contribution < 1.29 is 4.74 Å². The Balaban J connectivity index is 2.78. The maximum Gasteiger partial charge on any atom is 0.187 e. The highest BCUT2D eigenvalue weighted by Crippen LogP contribution is 2.18. The maximum absolute atomic E-state index is 6.94. The van der Waals surface area contributed by atoms with Crippen molar-refractivity contribution in [3.63, 3.8) is 0 Å². The molecule has 2 heteroatoms. The van der Waals surface area contributed by atoms with Gasteiger partial charge in [-0.2, -0.15) is 0 Å². The lowest BCUT2D eigenvalue weighted by Crippen LogP contribution is -2.02. The molecule has 2 nitrogen and oxygen atoms in total. The van der Waals surface area contributed by atoms with Crippen molar-refractivity contribution in [2.24, 2.45) is 0 Å². The van der Waals surface area contributed by atoms with E-state index in [0.717, 1.165) is 11.1 Å². The van der Waals surface area contributed by atoms with Gasteiger partial charge >= 0.3 is 0 Å². The SMILES string of the molecule is [C-]#[N+]c1cc(C)cc(COC(C)C)c1. The number of benzene rings is 1. The Hall–Kier alpha value is -1.33. The van der Waals surface area contributed by atoms with Crippen LogP contribution in [0.2, 0.25) is 0 Å². The maximum atomic E-state index is 6.94. The van der Waals surface area contributed by atoms with Crippen molar-refractivity contribution in [2.45, 2.75) is 33.5 Å². The van der Waals surface area contributed by atoms with Crippen LogP contribution in [0.15, 0.2) is 18.2 Å². The summed E-state index contributed by atoms with van der Waals surface area (Å²) in [6, 6.07) is 5.81. The Kier molecular flexibility index (Phi) is 3.67. The summed E-state index contributed by atoms with van der Waals surface area (Å²) >= 11 is 0. The summed E-state index contributed by atoms with van der Waals surface area (Å²) in [6.07, 6.45) is 0.229. The molecule has 0 aromatic heterocycles. The van der Waals surface area contributed by atoms with Gasteiger partial charge in [0.2, 0.25) is 0 Å². The number of nitrogens with zero attached hydrogens (tertiary/aromatic N) is 1. The van der Waals surface area contributed by atoms with Crippen LogP contribution < -0.4 is 0 Å². The van der Waals surface area contributed by atoms with Gasteiger partial charge in [0.05, 0.1) is 19.3 Å². The molecule has 0 bridgehead atoms. The lowest BCUT2D eigenvalue weighted by molar-refractivity contribution is 0.0657. The van der Waals surface area contributed by atoms with Gasteiger partial charge in [0, 0.05) is 0 Å². The normalized spacial score (nSPS) is 10.2. The van der Waals surface area contributed by atoms with E-state index in [2.05, 4.69) is 10.9 Å². The minimum absolute atomic E-state index is 0.229. The van der Waals surface area contributed by atoms with Crippen molar-refractivity contribution in [3.05, 3.63) is 40.7 Å². The Labute approximate surface area is 85.3 Å². The predicted molar refractivity (Wildman–Crippen MR) is 57.4 cm³/mol. The fraction of sp³-hybridized carbons (Fsp3) is 0.417. The molecule has 1 rings (SSSR count). The predicted octanol–water partition coefficient (Wildman–Crippen LogP) is 3.47. The molecule has 0 saturated carbocycles. The van der Waals surface area contributed by atoms with Gasteiger partial charge in [0.1, 0.15) is 0 Å². The monoisotopic (exact) mass is 189 g/mol. The molecule has 0 heterocycles. The van der Waals surface area contributed by atoms with Crippen LogP contribution in [0, 0.1) is 13.5 Å². The Bertz CT molecular complexity index is 350. The van der Waals surface area contributed by atoms with Crippen LogP contribution in [-0.4, -0.2) is 6.10 Å². The van der Waals surface area contributed by atoms with E-state index in [4.69, 9.17) is 11.3 Å². The largest absolute Gasteiger partial charge is 0.374 e. The van der Waals surface area contributed by atoms with Crippen LogP contribution in [0.1, 0.15) is 25.0 Å². The number of hydrogen-bond acceptors (Lipinski definition) is 1. The molecular weight excluding hydrogens is 174 g/mol. The molecule has 1 aromatic rings. The summed E-state index contributed by atoms with van der Waals surface area (Å²) in [7, 11) is 0. The van der Waals surface area contributed by atoms with E-state index in [1.807, 2.05) is 32.9 Å². The third-order valence-electron chi connectivity index (χ3n) is 1.83. The van der Waals surface area contributed by atoms with Crippen LogP contribution in [0.25, 0.3) is 4.85 Å². The van der Waals surface area contributed by atoms with Gasteiger partial charge in [0.15, 0.2) is 5.69 Å². The first-order chi connectivity index (χ1) is 6.61. The van der Waals surface area contributed by atoms with Gasteiger partial charge in [-0.15, -0.1) is 0 Å². The molecule has 0 atom stereocenters. The van der Waals surface area contributed by atoms with Crippen LogP contribution in [-0.2, 0) is 11.3 Å². The van der Waals surface area contributed by atoms with E-state index >= 15 is 0 Å². The van der Waals surface area contributed by atoms with Crippen molar-refractivity contribution in [1.29, 1.82) is 0 Å². The first kappa shape index (κ1) is 10.7. The molecule has 74 valence electrons. The highest BCUT2D eigenvalue weighted by Gasteiger charge is 1.99. The fourth-order valence-corrected chi connectivity index (χ4v) is 1.25. The summed E-state index contributed by atoms with van der Waals surface area (Å²) in [5, 5.41) is 0. The van der Waals surface area contributed by atoms with Crippen molar-refractivity contribution in [1.82, 2.24) is 0 Å². The van der Waals surface area contributed by atoms with Crippen LogP contribution >= 0.6 is 0 Å². The first-order valence-electron chi connectivity index (χ1n) is 4.71. The molecule has 0 amide bonds. The molecule has 0 spiro atoms. The second-order valence-corrected chi connectivity index (χ2v) is 3.65. The molecule has 0 aliphatic rings. The summed E-state index contributed by atoms with van der Waals surface area (Å²) in [5.74, 6) is 0. The lowest BCUT2D eigenvalue weighted by Gasteiger charge is -2.08. The molecular formula is C12H15NO. The van der Waals surface area contributed by atoms with Gasteiger partial charge < -0.3 is 4.74 Å². The average Bonchev–Trinajstić information content (AvgIpc) is 2.14. The molecule has 0 N–H and O–H groups in total. The number of ether oxygens (including phenoxy) is 1. The van der Waals surface area contributed by atoms with Crippen molar-refractivity contribution in [3.8, 4) is 0 Å². The van der Waals surface area contributed by atoms with Gasteiger partial charge in [-0.1, -0.05) is 23.8 Å². The standard InChI is InChI=1S/C12H15NO/c1-9(2)14-8-11-5-10(3)6-12(7-11)13-4/h5-7,9H,8H2,1-3H3. The third kappa shape index (κ3) is 3.20. The summed E-state index contributed by atoms with van der Waals surface area (Å²) < 4.78 is 5.48. The molecule has 0 fully saturated rings. The second-order valence-electron chi connectivity index (χ2n) is 3.65. The summed E-state index contributed by atoms with van der Waals surface area (Å²) in [4.78, 5) is 3.41. The van der Waals surface area contributed by atoms with Crippen LogP contribution in [0.5, 0.6) is 0 Å². The molecule has 0 unspecified atom stereocenters. The minimum Gasteiger partial charge on any atom is -0.374 e. The number of rotatable bonds is 3. The Morgan fingerprint density at radius 1 is 1.36 bits per heavy atom. The van der Waals surface area contributed by atoms with E-state index in [0.29, 0.717) is 12.3 Å². The molecule has 0 aliphatic heterocycles. The van der Waals surface area contributed by atoms with E-state index in [1.165, 1.54) is 0 Å². The van der Waals surface area contributed by atoms with E-state index in [1.54, 1.807) is 0 Å². The molecule has 0 radical (unpaired) electrons. The molecule has 0 saturated heterocycles. The molecule has 1 aromatic carbocycles. The summed E-state index contributed by atoms with van der Waals surface area (Å²) in [6.45, 7) is 13.5. The van der Waals surface area contributed by atoms with Gasteiger partial charge in [-0.25, -0.2) is 4.85 Å². The van der Waals surface area contributed by atoms with Crippen molar-refractivity contribution >= 4 is 5.69 Å². The topological polar surface area (TPSA) is 13.6 Å². The van der Waals surface area contributed by atoms with Gasteiger partial charge in [0.25, 0.3) is 0 Å². The van der Waals surface area contributed by atoms with E-state index in [-0.39, 0.29) is 6.10 Å². The first-order valence-corrected chi connectivity index (χ1v) is 4.71.